The summed E-state index contributed by atoms with van der Waals surface area (Å²) in [4.78, 5) is 0.826. The van der Waals surface area contributed by atoms with Crippen molar-refractivity contribution < 1.29 is 13.2 Å². The molecule has 0 fully saturated rings. The van der Waals surface area contributed by atoms with Gasteiger partial charge in [0.2, 0.25) is 0 Å². The molecule has 120 valence electrons. The molecular formula is C13H22N2O3S3. The fourth-order valence-electron chi connectivity index (χ4n) is 2.08. The number of nitrogens with two attached hydrogens (primary N) is 1. The van der Waals surface area contributed by atoms with E-state index in [1.807, 2.05) is 13.8 Å². The van der Waals surface area contributed by atoms with Gasteiger partial charge in [0.15, 0.2) is 0 Å². The van der Waals surface area contributed by atoms with E-state index in [-0.39, 0.29) is 15.2 Å². The summed E-state index contributed by atoms with van der Waals surface area (Å²) in [6, 6.07) is 3.18. The Morgan fingerprint density at radius 2 is 2.05 bits per heavy atom. The minimum absolute atomic E-state index is 0.0412. The van der Waals surface area contributed by atoms with E-state index in [1.54, 1.807) is 19.2 Å². The highest BCUT2D eigenvalue weighted by atomic mass is 32.2. The summed E-state index contributed by atoms with van der Waals surface area (Å²) in [5, 5.41) is 0. The van der Waals surface area contributed by atoms with Crippen LogP contribution in [0.4, 0.5) is 0 Å². The third-order valence-electron chi connectivity index (χ3n) is 3.25. The predicted molar refractivity (Wildman–Crippen MR) is 90.3 cm³/mol. The second-order valence-electron chi connectivity index (χ2n) is 4.56. The van der Waals surface area contributed by atoms with Gasteiger partial charge in [0, 0.05) is 19.7 Å². The van der Waals surface area contributed by atoms with Crippen molar-refractivity contribution in [3.05, 3.63) is 17.0 Å². The molecule has 1 heterocycles. The summed E-state index contributed by atoms with van der Waals surface area (Å²) in [6.45, 7) is 4.67. The number of hydrogen-bond acceptors (Lipinski definition) is 5. The van der Waals surface area contributed by atoms with Gasteiger partial charge in [-0.15, -0.1) is 11.3 Å². The standard InChI is InChI=1S/C13H22N2O3S3/c1-4-10(5-2)15(8-9-18-3)21(16,17)12-7-6-11(20-12)13(14)19/h6-7,10H,4-5,8-9H2,1-3H3,(H2,14,19). The third kappa shape index (κ3) is 4.46. The van der Waals surface area contributed by atoms with E-state index < -0.39 is 10.0 Å². The number of rotatable bonds is 9. The Hall–Kier alpha value is -0.540. The topological polar surface area (TPSA) is 72.6 Å². The number of nitrogens with zero attached hydrogens (tertiary/aromatic N) is 1. The molecule has 0 spiro atoms. The summed E-state index contributed by atoms with van der Waals surface area (Å²) in [6.07, 6.45) is 1.51. The van der Waals surface area contributed by atoms with Gasteiger partial charge in [0.1, 0.15) is 9.20 Å². The molecule has 0 saturated carbocycles. The lowest BCUT2D eigenvalue weighted by Gasteiger charge is -2.28. The first kappa shape index (κ1) is 18.5. The first-order valence-corrected chi connectivity index (χ1v) is 9.45. The summed E-state index contributed by atoms with van der Waals surface area (Å²) < 4.78 is 32.5. The maximum Gasteiger partial charge on any atom is 0.252 e. The fraction of sp³-hybridized carbons (Fsp3) is 0.615. The highest BCUT2D eigenvalue weighted by Crippen LogP contribution is 2.27. The number of hydrogen-bond donors (Lipinski definition) is 1. The maximum absolute atomic E-state index is 12.8. The fourth-order valence-corrected chi connectivity index (χ4v) is 5.32. The smallest absolute Gasteiger partial charge is 0.252 e. The zero-order valence-electron chi connectivity index (χ0n) is 12.5. The van der Waals surface area contributed by atoms with E-state index >= 15 is 0 Å². The van der Waals surface area contributed by atoms with Crippen LogP contribution in [0.15, 0.2) is 16.3 Å². The maximum atomic E-state index is 12.8. The molecule has 5 nitrogen and oxygen atoms in total. The molecule has 0 saturated heterocycles. The van der Waals surface area contributed by atoms with Crippen LogP contribution in [0.25, 0.3) is 0 Å². The highest BCUT2D eigenvalue weighted by Gasteiger charge is 2.30. The Labute approximate surface area is 136 Å². The molecule has 0 radical (unpaired) electrons. The molecule has 1 rings (SSSR count). The van der Waals surface area contributed by atoms with E-state index in [0.717, 1.165) is 24.2 Å². The van der Waals surface area contributed by atoms with Crippen molar-refractivity contribution in [1.82, 2.24) is 4.31 Å². The molecule has 1 aromatic heterocycles. The largest absolute Gasteiger partial charge is 0.389 e. The molecule has 0 bridgehead atoms. The SMILES string of the molecule is CCC(CC)N(CCOC)S(=O)(=O)c1ccc(C(N)=S)s1. The first-order valence-electron chi connectivity index (χ1n) is 6.78. The van der Waals surface area contributed by atoms with Crippen LogP contribution in [0.5, 0.6) is 0 Å². The Morgan fingerprint density at radius 1 is 1.43 bits per heavy atom. The van der Waals surface area contributed by atoms with E-state index in [9.17, 15) is 8.42 Å². The zero-order valence-corrected chi connectivity index (χ0v) is 15.0. The summed E-state index contributed by atoms with van der Waals surface area (Å²) in [7, 11) is -1.99. The van der Waals surface area contributed by atoms with Gasteiger partial charge in [-0.3, -0.25) is 0 Å². The summed E-state index contributed by atoms with van der Waals surface area (Å²) in [5.74, 6) is 0. The molecule has 0 atom stereocenters. The van der Waals surface area contributed by atoms with Crippen molar-refractivity contribution in [3.63, 3.8) is 0 Å². The van der Waals surface area contributed by atoms with Gasteiger partial charge in [-0.05, 0) is 25.0 Å². The molecule has 0 amide bonds. The van der Waals surface area contributed by atoms with Crippen molar-refractivity contribution in [3.8, 4) is 0 Å². The van der Waals surface area contributed by atoms with Gasteiger partial charge < -0.3 is 10.5 Å². The van der Waals surface area contributed by atoms with Crippen LogP contribution < -0.4 is 5.73 Å². The van der Waals surface area contributed by atoms with Crippen molar-refractivity contribution in [2.24, 2.45) is 5.73 Å². The van der Waals surface area contributed by atoms with Gasteiger partial charge >= 0.3 is 0 Å². The zero-order chi connectivity index (χ0) is 16.0. The lowest BCUT2D eigenvalue weighted by atomic mass is 10.2. The minimum Gasteiger partial charge on any atom is -0.389 e. The Balaban J connectivity index is 3.15. The molecule has 21 heavy (non-hydrogen) atoms. The van der Waals surface area contributed by atoms with Gasteiger partial charge in [0.05, 0.1) is 11.5 Å². The Morgan fingerprint density at radius 3 is 2.48 bits per heavy atom. The van der Waals surface area contributed by atoms with Crippen molar-refractivity contribution in [2.45, 2.75) is 36.9 Å². The van der Waals surface area contributed by atoms with Crippen molar-refractivity contribution >= 4 is 38.6 Å². The molecule has 8 heteroatoms. The van der Waals surface area contributed by atoms with Crippen molar-refractivity contribution in [2.75, 3.05) is 20.3 Å². The van der Waals surface area contributed by atoms with Gasteiger partial charge in [0.25, 0.3) is 10.0 Å². The van der Waals surface area contributed by atoms with Gasteiger partial charge in [-0.25, -0.2) is 8.42 Å². The normalized spacial score (nSPS) is 12.2. The quantitative estimate of drug-likeness (QED) is 0.691. The van der Waals surface area contributed by atoms with Crippen molar-refractivity contribution in [1.29, 1.82) is 0 Å². The number of thiophene rings is 1. The van der Waals surface area contributed by atoms with Crippen LogP contribution in [0.3, 0.4) is 0 Å². The number of sulfonamides is 1. The Bertz CT molecular complexity index is 565. The second kappa shape index (κ2) is 8.19. The first-order chi connectivity index (χ1) is 9.88. The van der Waals surface area contributed by atoms with E-state index in [2.05, 4.69) is 0 Å². The van der Waals surface area contributed by atoms with Crippen LogP contribution in [-0.2, 0) is 14.8 Å². The van der Waals surface area contributed by atoms with Crippen LogP contribution in [0, 0.1) is 0 Å². The van der Waals surface area contributed by atoms with Gasteiger partial charge in [-0.1, -0.05) is 26.1 Å². The number of thiocarbonyl (C=S) groups is 1. The third-order valence-corrected chi connectivity index (χ3v) is 7.14. The minimum atomic E-state index is -3.55. The average Bonchev–Trinajstić information content (AvgIpc) is 2.94. The number of ether oxygens (including phenoxy) is 1. The molecule has 0 unspecified atom stereocenters. The van der Waals surface area contributed by atoms with Crippen LogP contribution >= 0.6 is 23.6 Å². The number of methoxy groups -OCH3 is 1. The lowest BCUT2D eigenvalue weighted by Crippen LogP contribution is -2.41. The Kier molecular flexibility index (Phi) is 7.22. The van der Waals surface area contributed by atoms with E-state index in [4.69, 9.17) is 22.7 Å². The van der Waals surface area contributed by atoms with E-state index in [1.165, 1.54) is 4.31 Å². The second-order valence-corrected chi connectivity index (χ2v) is 8.20. The summed E-state index contributed by atoms with van der Waals surface area (Å²) in [5.41, 5.74) is 5.55. The van der Waals surface area contributed by atoms with Crippen LogP contribution in [0.2, 0.25) is 0 Å². The van der Waals surface area contributed by atoms with Crippen LogP contribution in [-0.4, -0.2) is 44.0 Å². The van der Waals surface area contributed by atoms with E-state index in [0.29, 0.717) is 18.0 Å². The predicted octanol–water partition coefficient (Wildman–Crippen LogP) is 2.21. The molecular weight excluding hydrogens is 328 g/mol. The molecule has 0 aliphatic carbocycles. The monoisotopic (exact) mass is 350 g/mol. The molecule has 0 aliphatic rings. The lowest BCUT2D eigenvalue weighted by molar-refractivity contribution is 0.163. The van der Waals surface area contributed by atoms with Gasteiger partial charge in [-0.2, -0.15) is 4.31 Å². The molecule has 1 aromatic rings. The summed E-state index contributed by atoms with van der Waals surface area (Å²) >= 11 is 6.00. The average molecular weight is 351 g/mol. The van der Waals surface area contributed by atoms with Crippen LogP contribution in [0.1, 0.15) is 31.6 Å². The molecule has 0 aliphatic heterocycles. The molecule has 2 N–H and O–H groups in total. The highest BCUT2D eigenvalue weighted by molar-refractivity contribution is 7.91. The molecule has 0 aromatic carbocycles.